The molecule has 1 fully saturated rings. The average Bonchev–Trinajstić information content (AvgIpc) is 3.36. The van der Waals surface area contributed by atoms with Gasteiger partial charge in [-0.3, -0.25) is 15.0 Å². The summed E-state index contributed by atoms with van der Waals surface area (Å²) in [4.78, 5) is 30.3. The standard InChI is InChI=1S/C24H18ClFN4O2S/c25-17-9-5-15(6-10-17)23-27-19-3-1-2-4-20(19)29(23)13-21(31)28-30-22(32)14-33-24(30)16-7-11-18(26)12-8-16/h1-12,24H,13-14H2,(H,28,31). The smallest absolute Gasteiger partial charge is 0.258 e. The number of carbonyl (C=O) groups is 2. The fraction of sp³-hybridized carbons (Fsp3) is 0.125. The van der Waals surface area contributed by atoms with Gasteiger partial charge in [-0.1, -0.05) is 35.9 Å². The summed E-state index contributed by atoms with van der Waals surface area (Å²) in [6.07, 6.45) is 0. The van der Waals surface area contributed by atoms with Gasteiger partial charge in [0.05, 0.1) is 16.8 Å². The van der Waals surface area contributed by atoms with Crippen molar-refractivity contribution in [2.75, 3.05) is 5.75 Å². The van der Waals surface area contributed by atoms with Crippen molar-refractivity contribution in [3.8, 4) is 11.4 Å². The first kappa shape index (κ1) is 21.5. The molecule has 5 rings (SSSR count). The van der Waals surface area contributed by atoms with E-state index in [1.165, 1.54) is 28.9 Å². The number of hydrogen-bond donors (Lipinski definition) is 1. The highest BCUT2D eigenvalue weighted by molar-refractivity contribution is 8.00. The minimum atomic E-state index is -0.419. The molecule has 0 bridgehead atoms. The summed E-state index contributed by atoms with van der Waals surface area (Å²) < 4.78 is 15.1. The van der Waals surface area contributed by atoms with Gasteiger partial charge >= 0.3 is 0 Å². The number of carbonyl (C=O) groups excluding carboxylic acids is 2. The van der Waals surface area contributed by atoms with E-state index in [0.717, 1.165) is 22.2 Å². The second-order valence-electron chi connectivity index (χ2n) is 7.53. The zero-order valence-corrected chi connectivity index (χ0v) is 18.8. The summed E-state index contributed by atoms with van der Waals surface area (Å²) in [5.74, 6) is -0.0789. The number of halogens is 2. The van der Waals surface area contributed by atoms with Crippen LogP contribution in [0.25, 0.3) is 22.4 Å². The van der Waals surface area contributed by atoms with Crippen LogP contribution in [0.1, 0.15) is 10.9 Å². The highest BCUT2D eigenvalue weighted by Crippen LogP contribution is 2.37. The number of rotatable bonds is 5. The largest absolute Gasteiger partial charge is 0.314 e. The molecule has 0 saturated carbocycles. The average molecular weight is 481 g/mol. The maximum absolute atomic E-state index is 13.3. The molecular weight excluding hydrogens is 463 g/mol. The van der Waals surface area contributed by atoms with Gasteiger partial charge in [-0.2, -0.15) is 0 Å². The molecule has 0 radical (unpaired) electrons. The first-order valence-electron chi connectivity index (χ1n) is 10.2. The van der Waals surface area contributed by atoms with Gasteiger partial charge in [0, 0.05) is 10.6 Å². The van der Waals surface area contributed by atoms with E-state index >= 15 is 0 Å². The summed E-state index contributed by atoms with van der Waals surface area (Å²) in [6, 6.07) is 20.7. The van der Waals surface area contributed by atoms with Crippen molar-refractivity contribution in [1.29, 1.82) is 0 Å². The molecule has 4 aromatic rings. The lowest BCUT2D eigenvalue weighted by Gasteiger charge is -2.25. The molecule has 9 heteroatoms. The van der Waals surface area contributed by atoms with E-state index in [-0.39, 0.29) is 29.9 Å². The first-order chi connectivity index (χ1) is 16.0. The van der Waals surface area contributed by atoms with Crippen LogP contribution in [0.4, 0.5) is 4.39 Å². The predicted octanol–water partition coefficient (Wildman–Crippen LogP) is 4.80. The highest BCUT2D eigenvalue weighted by Gasteiger charge is 2.34. The van der Waals surface area contributed by atoms with E-state index in [4.69, 9.17) is 16.6 Å². The van der Waals surface area contributed by atoms with Crippen molar-refractivity contribution >= 4 is 46.2 Å². The molecule has 166 valence electrons. The van der Waals surface area contributed by atoms with Gasteiger partial charge in [-0.15, -0.1) is 11.8 Å². The lowest BCUT2D eigenvalue weighted by Crippen LogP contribution is -2.45. The van der Waals surface area contributed by atoms with E-state index < -0.39 is 5.37 Å². The molecule has 1 unspecified atom stereocenters. The molecule has 0 spiro atoms. The number of aromatic nitrogens is 2. The van der Waals surface area contributed by atoms with Crippen LogP contribution >= 0.6 is 23.4 Å². The van der Waals surface area contributed by atoms with Crippen LogP contribution in [0.2, 0.25) is 5.02 Å². The number of nitrogens with zero attached hydrogens (tertiary/aromatic N) is 3. The third-order valence-electron chi connectivity index (χ3n) is 5.33. The maximum Gasteiger partial charge on any atom is 0.258 e. The van der Waals surface area contributed by atoms with Crippen molar-refractivity contribution in [3.63, 3.8) is 0 Å². The van der Waals surface area contributed by atoms with Crippen LogP contribution in [-0.2, 0) is 16.1 Å². The molecule has 2 amide bonds. The Bertz CT molecular complexity index is 1340. The van der Waals surface area contributed by atoms with Gasteiger partial charge in [0.2, 0.25) is 0 Å². The maximum atomic E-state index is 13.3. The van der Waals surface area contributed by atoms with Crippen molar-refractivity contribution in [2.45, 2.75) is 11.9 Å². The molecule has 1 saturated heterocycles. The van der Waals surface area contributed by atoms with Gasteiger partial charge < -0.3 is 4.57 Å². The molecule has 3 aromatic carbocycles. The Balaban J connectivity index is 1.43. The Morgan fingerprint density at radius 3 is 2.58 bits per heavy atom. The Morgan fingerprint density at radius 2 is 1.82 bits per heavy atom. The van der Waals surface area contributed by atoms with Crippen LogP contribution in [0, 0.1) is 5.82 Å². The number of nitrogens with one attached hydrogen (secondary N) is 1. The Labute approximate surface area is 198 Å². The minimum Gasteiger partial charge on any atom is -0.314 e. The Hall–Kier alpha value is -3.36. The fourth-order valence-corrected chi connectivity index (χ4v) is 5.02. The van der Waals surface area contributed by atoms with E-state index in [2.05, 4.69) is 5.43 Å². The van der Waals surface area contributed by atoms with Gasteiger partial charge in [0.25, 0.3) is 11.8 Å². The third kappa shape index (κ3) is 4.31. The number of hydrogen-bond acceptors (Lipinski definition) is 4. The quantitative estimate of drug-likeness (QED) is 0.445. The molecule has 0 aliphatic carbocycles. The molecule has 6 nitrogen and oxygen atoms in total. The van der Waals surface area contributed by atoms with Crippen LogP contribution < -0.4 is 5.43 Å². The van der Waals surface area contributed by atoms with Crippen LogP contribution in [0.3, 0.4) is 0 Å². The number of amides is 2. The molecular formula is C24H18ClFN4O2S. The lowest BCUT2D eigenvalue weighted by molar-refractivity contribution is -0.139. The zero-order chi connectivity index (χ0) is 22.9. The summed E-state index contributed by atoms with van der Waals surface area (Å²) >= 11 is 7.41. The Kier molecular flexibility index (Phi) is 5.78. The summed E-state index contributed by atoms with van der Waals surface area (Å²) in [5.41, 5.74) is 5.86. The highest BCUT2D eigenvalue weighted by atomic mass is 35.5. The van der Waals surface area contributed by atoms with Gasteiger partial charge in [-0.05, 0) is 54.1 Å². The number of imidazole rings is 1. The molecule has 1 N–H and O–H groups in total. The van der Waals surface area contributed by atoms with Crippen molar-refractivity contribution < 1.29 is 14.0 Å². The second-order valence-corrected chi connectivity index (χ2v) is 9.04. The lowest BCUT2D eigenvalue weighted by atomic mass is 10.2. The second kappa shape index (κ2) is 8.88. The van der Waals surface area contributed by atoms with E-state index in [9.17, 15) is 14.0 Å². The number of thioether (sulfide) groups is 1. The molecule has 1 aromatic heterocycles. The van der Waals surface area contributed by atoms with E-state index in [1.807, 2.05) is 41.0 Å². The summed E-state index contributed by atoms with van der Waals surface area (Å²) in [5, 5.41) is 1.51. The molecule has 1 atom stereocenters. The summed E-state index contributed by atoms with van der Waals surface area (Å²) in [6.45, 7) is -0.0386. The van der Waals surface area contributed by atoms with Gasteiger partial charge in [0.1, 0.15) is 23.6 Å². The first-order valence-corrected chi connectivity index (χ1v) is 11.6. The third-order valence-corrected chi connectivity index (χ3v) is 6.79. The topological polar surface area (TPSA) is 67.2 Å². The van der Waals surface area contributed by atoms with Crippen molar-refractivity contribution in [1.82, 2.24) is 20.0 Å². The normalized spacial score (nSPS) is 15.9. The van der Waals surface area contributed by atoms with Crippen molar-refractivity contribution in [2.24, 2.45) is 0 Å². The molecule has 33 heavy (non-hydrogen) atoms. The minimum absolute atomic E-state index is 0.0386. The summed E-state index contributed by atoms with van der Waals surface area (Å²) in [7, 11) is 0. The monoisotopic (exact) mass is 480 g/mol. The van der Waals surface area contributed by atoms with Crippen LogP contribution in [0.15, 0.2) is 72.8 Å². The fourth-order valence-electron chi connectivity index (χ4n) is 3.79. The number of hydrazine groups is 1. The van der Waals surface area contributed by atoms with Crippen LogP contribution in [0.5, 0.6) is 0 Å². The van der Waals surface area contributed by atoms with Crippen molar-refractivity contribution in [3.05, 3.63) is 89.2 Å². The Morgan fingerprint density at radius 1 is 1.09 bits per heavy atom. The SMILES string of the molecule is O=C(Cn1c(-c2ccc(Cl)cc2)nc2ccccc21)NN1C(=O)CSC1c1ccc(F)cc1. The van der Waals surface area contributed by atoms with Gasteiger partial charge in [-0.25, -0.2) is 14.4 Å². The predicted molar refractivity (Wildman–Crippen MR) is 127 cm³/mol. The van der Waals surface area contributed by atoms with E-state index in [0.29, 0.717) is 10.8 Å². The number of benzene rings is 3. The molecule has 1 aliphatic heterocycles. The number of fused-ring (bicyclic) bond motifs is 1. The number of para-hydroxylation sites is 2. The zero-order valence-electron chi connectivity index (χ0n) is 17.2. The van der Waals surface area contributed by atoms with E-state index in [1.54, 1.807) is 24.3 Å². The molecule has 2 heterocycles. The van der Waals surface area contributed by atoms with Crippen LogP contribution in [-0.4, -0.2) is 32.1 Å². The van der Waals surface area contributed by atoms with Gasteiger partial charge in [0.15, 0.2) is 0 Å². The molecule has 1 aliphatic rings.